The molecule has 0 radical (unpaired) electrons. The lowest BCUT2D eigenvalue weighted by Gasteiger charge is -2.14. The van der Waals surface area contributed by atoms with Crippen molar-refractivity contribution in [2.24, 2.45) is 0 Å². The standard InChI is InChI=1S/C25H21NO6S/c1-3-30-21-13-17(10-11-19(21)32-24(28)20-9-6-12-31-20)14-22-23(27)26(25(29)33-22)15-18-8-5-4-7-16(18)2/h4-14H,3,15H2,1-2H3/b22-14-. The van der Waals surface area contributed by atoms with Crippen molar-refractivity contribution in [1.29, 1.82) is 0 Å². The molecule has 0 spiro atoms. The molecule has 1 fully saturated rings. The second-order valence-electron chi connectivity index (χ2n) is 7.20. The highest BCUT2D eigenvalue weighted by atomic mass is 32.2. The Balaban J connectivity index is 1.55. The summed E-state index contributed by atoms with van der Waals surface area (Å²) in [5, 5.41) is -0.316. The fourth-order valence-electron chi connectivity index (χ4n) is 3.26. The molecular weight excluding hydrogens is 442 g/mol. The van der Waals surface area contributed by atoms with Crippen LogP contribution in [0.15, 0.2) is 70.2 Å². The minimum Gasteiger partial charge on any atom is -0.490 e. The predicted molar refractivity (Wildman–Crippen MR) is 124 cm³/mol. The molecule has 2 aromatic carbocycles. The lowest BCUT2D eigenvalue weighted by atomic mass is 10.1. The molecule has 0 N–H and O–H groups in total. The number of rotatable bonds is 7. The molecular formula is C25H21NO6S. The Bertz CT molecular complexity index is 1230. The third-order valence-corrected chi connectivity index (χ3v) is 5.86. The molecule has 0 bridgehead atoms. The van der Waals surface area contributed by atoms with Gasteiger partial charge in [-0.3, -0.25) is 14.5 Å². The van der Waals surface area contributed by atoms with E-state index in [2.05, 4.69) is 0 Å². The van der Waals surface area contributed by atoms with Gasteiger partial charge in [-0.1, -0.05) is 30.3 Å². The van der Waals surface area contributed by atoms with Crippen LogP contribution in [0.5, 0.6) is 11.5 Å². The first-order valence-corrected chi connectivity index (χ1v) is 11.1. The Morgan fingerprint density at radius 1 is 1.09 bits per heavy atom. The maximum atomic E-state index is 12.9. The van der Waals surface area contributed by atoms with Crippen LogP contribution in [-0.4, -0.2) is 28.6 Å². The van der Waals surface area contributed by atoms with Crippen molar-refractivity contribution >= 4 is 35.0 Å². The molecule has 0 unspecified atom stereocenters. The molecule has 8 heteroatoms. The number of thioether (sulfide) groups is 1. The molecule has 1 saturated heterocycles. The molecule has 1 aliphatic heterocycles. The van der Waals surface area contributed by atoms with Crippen LogP contribution in [0.3, 0.4) is 0 Å². The van der Waals surface area contributed by atoms with Gasteiger partial charge in [-0.05, 0) is 72.6 Å². The third kappa shape index (κ3) is 5.01. The van der Waals surface area contributed by atoms with Crippen molar-refractivity contribution in [3.05, 3.63) is 88.2 Å². The molecule has 2 amide bonds. The molecule has 1 aromatic heterocycles. The number of amides is 2. The summed E-state index contributed by atoms with van der Waals surface area (Å²) in [4.78, 5) is 39.2. The highest BCUT2D eigenvalue weighted by Gasteiger charge is 2.35. The highest BCUT2D eigenvalue weighted by molar-refractivity contribution is 8.18. The number of nitrogens with zero attached hydrogens (tertiary/aromatic N) is 1. The maximum absolute atomic E-state index is 12.9. The van der Waals surface area contributed by atoms with E-state index in [-0.39, 0.29) is 29.2 Å². The van der Waals surface area contributed by atoms with Crippen molar-refractivity contribution in [3.8, 4) is 11.5 Å². The average Bonchev–Trinajstić information content (AvgIpc) is 3.42. The van der Waals surface area contributed by atoms with Crippen LogP contribution in [0.4, 0.5) is 4.79 Å². The molecule has 33 heavy (non-hydrogen) atoms. The Morgan fingerprint density at radius 3 is 2.64 bits per heavy atom. The quantitative estimate of drug-likeness (QED) is 0.262. The minimum absolute atomic E-state index is 0.0730. The first-order valence-electron chi connectivity index (χ1n) is 10.3. The second-order valence-corrected chi connectivity index (χ2v) is 8.19. The Labute approximate surface area is 195 Å². The van der Waals surface area contributed by atoms with E-state index in [9.17, 15) is 14.4 Å². The van der Waals surface area contributed by atoms with Crippen LogP contribution in [0.25, 0.3) is 6.08 Å². The van der Waals surface area contributed by atoms with Gasteiger partial charge >= 0.3 is 5.97 Å². The predicted octanol–water partition coefficient (Wildman–Crippen LogP) is 5.44. The van der Waals surface area contributed by atoms with E-state index in [1.807, 2.05) is 38.1 Å². The first kappa shape index (κ1) is 22.4. The topological polar surface area (TPSA) is 86.0 Å². The number of aryl methyl sites for hydroxylation is 1. The van der Waals surface area contributed by atoms with E-state index in [0.29, 0.717) is 22.8 Å². The molecule has 168 valence electrons. The Hall–Kier alpha value is -3.78. The summed E-state index contributed by atoms with van der Waals surface area (Å²) >= 11 is 0.894. The van der Waals surface area contributed by atoms with E-state index in [1.165, 1.54) is 17.2 Å². The molecule has 7 nitrogen and oxygen atoms in total. The van der Waals surface area contributed by atoms with Crippen LogP contribution in [0.2, 0.25) is 0 Å². The van der Waals surface area contributed by atoms with E-state index >= 15 is 0 Å². The maximum Gasteiger partial charge on any atom is 0.379 e. The van der Waals surface area contributed by atoms with Crippen molar-refractivity contribution in [2.75, 3.05) is 6.61 Å². The average molecular weight is 464 g/mol. The number of hydrogen-bond acceptors (Lipinski definition) is 7. The van der Waals surface area contributed by atoms with Gasteiger partial charge in [0.15, 0.2) is 11.5 Å². The largest absolute Gasteiger partial charge is 0.490 e. The number of esters is 1. The zero-order chi connectivity index (χ0) is 23.4. The number of imide groups is 1. The number of furan rings is 1. The summed E-state index contributed by atoms with van der Waals surface area (Å²) in [5.74, 6) is -0.359. The Morgan fingerprint density at radius 2 is 1.91 bits per heavy atom. The number of ether oxygens (including phenoxy) is 2. The van der Waals surface area contributed by atoms with Crippen LogP contribution < -0.4 is 9.47 Å². The van der Waals surface area contributed by atoms with E-state index in [0.717, 1.165) is 22.9 Å². The third-order valence-electron chi connectivity index (χ3n) is 4.95. The van der Waals surface area contributed by atoms with Gasteiger partial charge < -0.3 is 13.9 Å². The summed E-state index contributed by atoms with van der Waals surface area (Å²) < 4.78 is 16.1. The molecule has 4 rings (SSSR count). The molecule has 0 saturated carbocycles. The fourth-order valence-corrected chi connectivity index (χ4v) is 4.10. The van der Waals surface area contributed by atoms with E-state index in [4.69, 9.17) is 13.9 Å². The van der Waals surface area contributed by atoms with Gasteiger partial charge in [0.2, 0.25) is 5.76 Å². The lowest BCUT2D eigenvalue weighted by Crippen LogP contribution is -2.27. The fraction of sp³-hybridized carbons (Fsp3) is 0.160. The monoisotopic (exact) mass is 463 g/mol. The van der Waals surface area contributed by atoms with Crippen molar-refractivity contribution in [1.82, 2.24) is 4.90 Å². The van der Waals surface area contributed by atoms with Crippen molar-refractivity contribution < 1.29 is 28.3 Å². The van der Waals surface area contributed by atoms with Gasteiger partial charge in [-0.25, -0.2) is 4.79 Å². The lowest BCUT2D eigenvalue weighted by molar-refractivity contribution is -0.123. The number of hydrogen-bond donors (Lipinski definition) is 0. The van der Waals surface area contributed by atoms with Crippen LogP contribution in [-0.2, 0) is 11.3 Å². The SMILES string of the molecule is CCOc1cc(/C=C2\SC(=O)N(Cc3ccccc3C)C2=O)ccc1OC(=O)c1ccco1. The van der Waals surface area contributed by atoms with Crippen molar-refractivity contribution in [3.63, 3.8) is 0 Å². The second kappa shape index (κ2) is 9.79. The zero-order valence-corrected chi connectivity index (χ0v) is 18.9. The molecule has 2 heterocycles. The van der Waals surface area contributed by atoms with Gasteiger partial charge in [-0.15, -0.1) is 0 Å². The van der Waals surface area contributed by atoms with Crippen molar-refractivity contribution in [2.45, 2.75) is 20.4 Å². The summed E-state index contributed by atoms with van der Waals surface area (Å²) in [5.41, 5.74) is 2.57. The van der Waals surface area contributed by atoms with E-state index < -0.39 is 5.97 Å². The molecule has 0 atom stereocenters. The van der Waals surface area contributed by atoms with Gasteiger partial charge in [0.25, 0.3) is 11.1 Å². The van der Waals surface area contributed by atoms with Crippen LogP contribution in [0.1, 0.15) is 34.2 Å². The highest BCUT2D eigenvalue weighted by Crippen LogP contribution is 2.35. The molecule has 0 aliphatic carbocycles. The number of carbonyl (C=O) groups excluding carboxylic acids is 3. The summed E-state index contributed by atoms with van der Waals surface area (Å²) in [7, 11) is 0. The van der Waals surface area contributed by atoms with E-state index in [1.54, 1.807) is 30.3 Å². The molecule has 3 aromatic rings. The summed E-state index contributed by atoms with van der Waals surface area (Å²) in [6.45, 7) is 4.32. The summed E-state index contributed by atoms with van der Waals surface area (Å²) in [6, 6.07) is 15.7. The van der Waals surface area contributed by atoms with Gasteiger partial charge in [0, 0.05) is 0 Å². The van der Waals surface area contributed by atoms with Crippen LogP contribution >= 0.6 is 11.8 Å². The normalized spacial score (nSPS) is 14.7. The summed E-state index contributed by atoms with van der Waals surface area (Å²) in [6.07, 6.45) is 3.01. The van der Waals surface area contributed by atoms with Crippen LogP contribution in [0, 0.1) is 6.92 Å². The van der Waals surface area contributed by atoms with Gasteiger partial charge in [0.1, 0.15) is 0 Å². The Kier molecular flexibility index (Phi) is 6.65. The minimum atomic E-state index is -0.647. The first-order chi connectivity index (χ1) is 16.0. The number of benzene rings is 2. The van der Waals surface area contributed by atoms with Gasteiger partial charge in [-0.2, -0.15) is 0 Å². The zero-order valence-electron chi connectivity index (χ0n) is 18.1. The number of carbonyl (C=O) groups is 3. The van der Waals surface area contributed by atoms with Gasteiger partial charge in [0.05, 0.1) is 24.3 Å². The smallest absolute Gasteiger partial charge is 0.379 e. The molecule has 1 aliphatic rings.